The number of carbonyl (C=O) groups excluding carboxylic acids is 1. The van der Waals surface area contributed by atoms with E-state index in [2.05, 4.69) is 9.80 Å². The molecule has 170 valence electrons. The van der Waals surface area contributed by atoms with E-state index in [0.29, 0.717) is 24.3 Å². The van der Waals surface area contributed by atoms with Gasteiger partial charge in [-0.05, 0) is 95.0 Å². The van der Waals surface area contributed by atoms with Crippen molar-refractivity contribution in [3.05, 3.63) is 29.8 Å². The van der Waals surface area contributed by atoms with E-state index in [4.69, 9.17) is 9.84 Å². The van der Waals surface area contributed by atoms with Gasteiger partial charge in [0.05, 0.1) is 0 Å². The first-order chi connectivity index (χ1) is 14.9. The molecule has 1 amide bonds. The number of carbonyl (C=O) groups is 2. The molecule has 3 aliphatic heterocycles. The van der Waals surface area contributed by atoms with Crippen molar-refractivity contribution in [2.24, 2.45) is 11.8 Å². The van der Waals surface area contributed by atoms with Crippen molar-refractivity contribution >= 4 is 11.9 Å². The molecule has 0 radical (unpaired) electrons. The largest absolute Gasteiger partial charge is 0.481 e. The van der Waals surface area contributed by atoms with Crippen molar-refractivity contribution in [2.75, 3.05) is 19.6 Å². The van der Waals surface area contributed by atoms with Gasteiger partial charge in [0.25, 0.3) is 5.91 Å². The molecule has 0 aromatic heterocycles. The van der Waals surface area contributed by atoms with E-state index in [1.807, 2.05) is 38.1 Å². The van der Waals surface area contributed by atoms with Crippen LogP contribution in [-0.4, -0.2) is 64.6 Å². The highest BCUT2D eigenvalue weighted by Gasteiger charge is 2.50. The summed E-state index contributed by atoms with van der Waals surface area (Å²) in [4.78, 5) is 29.5. The first-order valence-electron chi connectivity index (χ1n) is 11.9. The van der Waals surface area contributed by atoms with E-state index < -0.39 is 12.1 Å². The molecule has 0 aliphatic carbocycles. The van der Waals surface area contributed by atoms with Gasteiger partial charge in [-0.15, -0.1) is 0 Å². The number of likely N-dealkylation sites (tertiary alicyclic amines) is 1. The van der Waals surface area contributed by atoms with E-state index in [1.54, 1.807) is 0 Å². The summed E-state index contributed by atoms with van der Waals surface area (Å²) in [5.41, 5.74) is 1.11. The number of rotatable bonds is 7. The topological polar surface area (TPSA) is 70.1 Å². The Labute approximate surface area is 185 Å². The predicted octanol–water partition coefficient (Wildman–Crippen LogP) is 3.72. The third kappa shape index (κ3) is 4.89. The van der Waals surface area contributed by atoms with Crippen LogP contribution in [0.5, 0.6) is 5.75 Å². The molecule has 1 unspecified atom stereocenters. The second-order valence-electron chi connectivity index (χ2n) is 9.66. The number of benzene rings is 1. The van der Waals surface area contributed by atoms with E-state index in [9.17, 15) is 9.59 Å². The normalized spacial score (nSPS) is 29.2. The summed E-state index contributed by atoms with van der Waals surface area (Å²) in [6.45, 7) is 6.97. The lowest BCUT2D eigenvalue weighted by molar-refractivity contribution is -0.153. The fraction of sp³-hybridized carbons (Fsp3) is 0.680. The fourth-order valence-corrected chi connectivity index (χ4v) is 6.26. The molecule has 31 heavy (non-hydrogen) atoms. The van der Waals surface area contributed by atoms with Crippen LogP contribution >= 0.6 is 0 Å². The summed E-state index contributed by atoms with van der Waals surface area (Å²) in [5.74, 6) is 0.968. The maximum Gasteiger partial charge on any atom is 0.303 e. The lowest BCUT2D eigenvalue weighted by Crippen LogP contribution is -2.66. The van der Waals surface area contributed by atoms with Crippen molar-refractivity contribution < 1.29 is 19.4 Å². The van der Waals surface area contributed by atoms with Crippen LogP contribution in [0.15, 0.2) is 24.3 Å². The number of aliphatic carboxylic acids is 1. The second kappa shape index (κ2) is 9.60. The number of carboxylic acid groups (broad SMARTS) is 1. The lowest BCUT2D eigenvalue weighted by Gasteiger charge is -2.57. The molecule has 3 fully saturated rings. The first kappa shape index (κ1) is 22.1. The van der Waals surface area contributed by atoms with Crippen LogP contribution < -0.4 is 4.74 Å². The number of hydrogen-bond acceptors (Lipinski definition) is 4. The van der Waals surface area contributed by atoms with Crippen LogP contribution in [0.3, 0.4) is 0 Å². The van der Waals surface area contributed by atoms with Gasteiger partial charge < -0.3 is 14.7 Å². The van der Waals surface area contributed by atoms with Crippen molar-refractivity contribution in [1.82, 2.24) is 9.80 Å². The van der Waals surface area contributed by atoms with Crippen LogP contribution in [0.25, 0.3) is 0 Å². The Hall–Kier alpha value is -2.08. The molecule has 5 atom stereocenters. The minimum Gasteiger partial charge on any atom is -0.481 e. The van der Waals surface area contributed by atoms with E-state index in [-0.39, 0.29) is 18.4 Å². The molecule has 0 bridgehead atoms. The van der Waals surface area contributed by atoms with Crippen LogP contribution in [0.4, 0.5) is 0 Å². The molecule has 3 heterocycles. The van der Waals surface area contributed by atoms with Crippen LogP contribution in [0.1, 0.15) is 57.4 Å². The van der Waals surface area contributed by atoms with Gasteiger partial charge in [-0.3, -0.25) is 14.5 Å². The summed E-state index contributed by atoms with van der Waals surface area (Å²) in [7, 11) is 0. The summed E-state index contributed by atoms with van der Waals surface area (Å²) in [6.07, 6.45) is 5.67. The number of amides is 1. The van der Waals surface area contributed by atoms with E-state index in [1.165, 1.54) is 32.4 Å². The maximum atomic E-state index is 13.6. The Morgan fingerprint density at radius 3 is 2.74 bits per heavy atom. The molecule has 1 N–H and O–H groups in total. The smallest absolute Gasteiger partial charge is 0.303 e. The van der Waals surface area contributed by atoms with Gasteiger partial charge in [0.1, 0.15) is 5.75 Å². The Morgan fingerprint density at radius 1 is 1.23 bits per heavy atom. The number of aryl methyl sites for hydroxylation is 1. The monoisotopic (exact) mass is 428 g/mol. The van der Waals surface area contributed by atoms with Gasteiger partial charge >= 0.3 is 5.97 Å². The Bertz CT molecular complexity index is 795. The van der Waals surface area contributed by atoms with E-state index >= 15 is 0 Å². The summed E-state index contributed by atoms with van der Waals surface area (Å²) < 4.78 is 6.05. The van der Waals surface area contributed by atoms with Gasteiger partial charge in [-0.2, -0.15) is 0 Å². The molecule has 1 aromatic rings. The average molecular weight is 429 g/mol. The fourth-order valence-electron chi connectivity index (χ4n) is 6.26. The van der Waals surface area contributed by atoms with Crippen molar-refractivity contribution in [3.8, 4) is 5.75 Å². The Balaban J connectivity index is 1.53. The van der Waals surface area contributed by atoms with Crippen molar-refractivity contribution in [3.63, 3.8) is 0 Å². The van der Waals surface area contributed by atoms with Crippen LogP contribution in [0, 0.1) is 18.8 Å². The van der Waals surface area contributed by atoms with Gasteiger partial charge in [-0.1, -0.05) is 12.1 Å². The molecule has 6 nitrogen and oxygen atoms in total. The zero-order valence-electron chi connectivity index (χ0n) is 18.8. The second-order valence-corrected chi connectivity index (χ2v) is 9.66. The highest BCUT2D eigenvalue weighted by Crippen LogP contribution is 2.43. The highest BCUT2D eigenvalue weighted by atomic mass is 16.5. The molecule has 6 heteroatoms. The van der Waals surface area contributed by atoms with Gasteiger partial charge in [0, 0.05) is 25.0 Å². The number of carboxylic acids is 1. The maximum absolute atomic E-state index is 13.6. The van der Waals surface area contributed by atoms with Gasteiger partial charge in [-0.25, -0.2) is 0 Å². The molecule has 0 spiro atoms. The zero-order chi connectivity index (χ0) is 22.0. The quantitative estimate of drug-likeness (QED) is 0.717. The Morgan fingerprint density at radius 2 is 2.00 bits per heavy atom. The Kier molecular flexibility index (Phi) is 6.85. The van der Waals surface area contributed by atoms with E-state index in [0.717, 1.165) is 30.7 Å². The first-order valence-corrected chi connectivity index (χ1v) is 11.9. The summed E-state index contributed by atoms with van der Waals surface area (Å²) in [6, 6.07) is 8.47. The van der Waals surface area contributed by atoms with Crippen molar-refractivity contribution in [1.29, 1.82) is 0 Å². The molecule has 4 rings (SSSR count). The van der Waals surface area contributed by atoms with Crippen LogP contribution in [-0.2, 0) is 9.59 Å². The lowest BCUT2D eigenvalue weighted by atomic mass is 9.69. The standard InChI is InChI=1S/C25H36N2O4/c1-17-7-3-9-20(15-17)31-18(2)25(30)27-16-19-8-5-13-26-14-6-10-21(24(19)26)22(27)11-4-12-23(28)29/h3,7,9,15,18-19,21-22,24H,4-6,8,10-14,16H2,1-2H3,(H,28,29)/t18?,19-,21+,22+,24-/m0/s1. The van der Waals surface area contributed by atoms with Gasteiger partial charge in [0.2, 0.25) is 0 Å². The van der Waals surface area contributed by atoms with Crippen molar-refractivity contribution in [2.45, 2.75) is 77.0 Å². The number of nitrogens with zero attached hydrogens (tertiary/aromatic N) is 2. The number of ether oxygens (including phenoxy) is 1. The third-order valence-electron chi connectivity index (χ3n) is 7.50. The summed E-state index contributed by atoms with van der Waals surface area (Å²) >= 11 is 0. The molecule has 3 aliphatic rings. The zero-order valence-corrected chi connectivity index (χ0v) is 18.8. The molecule has 0 saturated carbocycles. The minimum absolute atomic E-state index is 0.0444. The third-order valence-corrected chi connectivity index (χ3v) is 7.50. The highest BCUT2D eigenvalue weighted by molar-refractivity contribution is 5.81. The number of hydrogen-bond donors (Lipinski definition) is 1. The molecule has 1 aromatic carbocycles. The minimum atomic E-state index is -0.759. The molecule has 3 saturated heterocycles. The molecular formula is C25H36N2O4. The van der Waals surface area contributed by atoms with Gasteiger partial charge in [0.15, 0.2) is 6.10 Å². The predicted molar refractivity (Wildman–Crippen MR) is 119 cm³/mol. The molecular weight excluding hydrogens is 392 g/mol. The SMILES string of the molecule is Cc1cccc(OC(C)C(=O)N2C[C@@H]3CCCN4CCC[C@@H]([C@H]34)[C@H]2CCCC(=O)O)c1. The summed E-state index contributed by atoms with van der Waals surface area (Å²) in [5, 5.41) is 9.15. The number of piperidine rings is 3. The average Bonchev–Trinajstić information content (AvgIpc) is 2.74. The van der Waals surface area contributed by atoms with Crippen LogP contribution in [0.2, 0.25) is 0 Å².